The summed E-state index contributed by atoms with van der Waals surface area (Å²) in [7, 11) is 1.56. The van der Waals surface area contributed by atoms with Gasteiger partial charge in [-0.25, -0.2) is 14.3 Å². The van der Waals surface area contributed by atoms with Gasteiger partial charge in [0.25, 0.3) is 5.91 Å². The van der Waals surface area contributed by atoms with E-state index >= 15 is 0 Å². The van der Waals surface area contributed by atoms with Crippen molar-refractivity contribution in [1.29, 1.82) is 0 Å². The van der Waals surface area contributed by atoms with Crippen LogP contribution in [0.15, 0.2) is 23.3 Å². The van der Waals surface area contributed by atoms with Gasteiger partial charge in [-0.15, -0.1) is 0 Å². The van der Waals surface area contributed by atoms with Gasteiger partial charge >= 0.3 is 5.69 Å². The molecule has 0 bridgehead atoms. The molecule has 3 rings (SSSR count). The molecule has 1 amide bonds. The smallest absolute Gasteiger partial charge is 0.343 e. The van der Waals surface area contributed by atoms with Crippen LogP contribution in [0.4, 0.5) is 4.39 Å². The van der Waals surface area contributed by atoms with E-state index in [2.05, 4.69) is 15.2 Å². The second-order valence-corrected chi connectivity index (χ2v) is 5.55. The largest absolute Gasteiger partial charge is 0.380 e. The van der Waals surface area contributed by atoms with Gasteiger partial charge in [-0.2, -0.15) is 5.10 Å². The van der Waals surface area contributed by atoms with Crippen molar-refractivity contribution in [2.24, 2.45) is 0 Å². The van der Waals surface area contributed by atoms with E-state index in [1.165, 1.54) is 21.7 Å². The van der Waals surface area contributed by atoms with Crippen molar-refractivity contribution >= 4 is 5.91 Å². The van der Waals surface area contributed by atoms with Gasteiger partial charge in [0.15, 0.2) is 11.6 Å². The molecule has 0 radical (unpaired) electrons. The van der Waals surface area contributed by atoms with E-state index < -0.39 is 17.8 Å². The quantitative estimate of drug-likeness (QED) is 0.889. The van der Waals surface area contributed by atoms with Crippen molar-refractivity contribution in [1.82, 2.24) is 24.6 Å². The molecule has 128 valence electrons. The van der Waals surface area contributed by atoms with Crippen LogP contribution in [0.2, 0.25) is 0 Å². The highest BCUT2D eigenvalue weighted by Crippen LogP contribution is 2.33. The van der Waals surface area contributed by atoms with E-state index in [0.29, 0.717) is 25.3 Å². The molecule has 1 N–H and O–H groups in total. The Kier molecular flexibility index (Phi) is 4.43. The third-order valence-corrected chi connectivity index (χ3v) is 4.26. The highest BCUT2D eigenvalue weighted by Gasteiger charge is 2.40. The number of likely N-dealkylation sites (tertiary alicyclic amines) is 1. The normalized spacial score (nSPS) is 20.5. The third kappa shape index (κ3) is 2.71. The van der Waals surface area contributed by atoms with E-state index in [1.54, 1.807) is 7.11 Å². The number of amides is 1. The van der Waals surface area contributed by atoms with Crippen LogP contribution in [0.3, 0.4) is 0 Å². The zero-order valence-corrected chi connectivity index (χ0v) is 13.4. The van der Waals surface area contributed by atoms with Gasteiger partial charge in [0.1, 0.15) is 0 Å². The number of nitrogens with one attached hydrogen (secondary N) is 1. The predicted molar refractivity (Wildman–Crippen MR) is 81.9 cm³/mol. The molecule has 2 aromatic rings. The van der Waals surface area contributed by atoms with Crippen molar-refractivity contribution in [3.8, 4) is 0 Å². The van der Waals surface area contributed by atoms with Crippen molar-refractivity contribution in [3.63, 3.8) is 0 Å². The molecule has 1 aliphatic heterocycles. The minimum absolute atomic E-state index is 0.0623. The van der Waals surface area contributed by atoms with Crippen LogP contribution in [0.1, 0.15) is 35.6 Å². The highest BCUT2D eigenvalue weighted by molar-refractivity contribution is 5.94. The Bertz CT molecular complexity index is 802. The lowest BCUT2D eigenvalue weighted by atomic mass is 10.1. The minimum Gasteiger partial charge on any atom is -0.380 e. The molecule has 8 nitrogen and oxygen atoms in total. The van der Waals surface area contributed by atoms with Crippen LogP contribution in [-0.2, 0) is 11.3 Å². The van der Waals surface area contributed by atoms with Crippen LogP contribution in [0.25, 0.3) is 0 Å². The van der Waals surface area contributed by atoms with Gasteiger partial charge in [0, 0.05) is 32.8 Å². The van der Waals surface area contributed by atoms with Gasteiger partial charge in [-0.05, 0) is 13.0 Å². The van der Waals surface area contributed by atoms with E-state index in [0.717, 1.165) is 6.20 Å². The Labute approximate surface area is 137 Å². The first-order chi connectivity index (χ1) is 11.6. The molecule has 1 fully saturated rings. The molecular formula is C15H18FN5O3. The van der Waals surface area contributed by atoms with Gasteiger partial charge < -0.3 is 9.64 Å². The van der Waals surface area contributed by atoms with E-state index in [9.17, 15) is 14.0 Å². The summed E-state index contributed by atoms with van der Waals surface area (Å²) in [5, 5.41) is 6.46. The van der Waals surface area contributed by atoms with E-state index in [4.69, 9.17) is 4.74 Å². The first-order valence-electron chi connectivity index (χ1n) is 7.65. The van der Waals surface area contributed by atoms with Crippen LogP contribution in [0, 0.1) is 5.82 Å². The zero-order valence-electron chi connectivity index (χ0n) is 13.4. The first kappa shape index (κ1) is 16.3. The Hall–Kier alpha value is -2.55. The Morgan fingerprint density at radius 1 is 1.54 bits per heavy atom. The molecule has 0 aromatic carbocycles. The van der Waals surface area contributed by atoms with Crippen molar-refractivity contribution in [2.45, 2.75) is 32.0 Å². The molecule has 2 atom stereocenters. The number of hydrogen-bond donors (Lipinski definition) is 1. The topological polar surface area (TPSA) is 93.1 Å². The number of ether oxygens (including phenoxy) is 1. The summed E-state index contributed by atoms with van der Waals surface area (Å²) in [6.45, 7) is 2.54. The summed E-state index contributed by atoms with van der Waals surface area (Å²) >= 11 is 0. The zero-order chi connectivity index (χ0) is 17.3. The lowest BCUT2D eigenvalue weighted by Crippen LogP contribution is -2.34. The first-order valence-corrected chi connectivity index (χ1v) is 7.65. The summed E-state index contributed by atoms with van der Waals surface area (Å²) in [4.78, 5) is 29.8. The van der Waals surface area contributed by atoms with E-state index in [1.807, 2.05) is 6.92 Å². The number of methoxy groups -OCH3 is 1. The number of rotatable bonds is 4. The molecule has 0 spiro atoms. The van der Waals surface area contributed by atoms with Gasteiger partial charge in [-0.3, -0.25) is 14.3 Å². The molecule has 9 heteroatoms. The molecular weight excluding hydrogens is 317 g/mol. The fourth-order valence-corrected chi connectivity index (χ4v) is 3.03. The standard InChI is InChI=1S/C15H18FN5O3/c1-3-20-13(18-19-15(20)23)12-6-9(24-2)8-21(12)14(22)10-4-5-17-7-11(10)16/h4-5,7,9,12H,3,6,8H2,1-2H3,(H,19,23)/t9-,12-/m0/s1. The van der Waals surface area contributed by atoms with Gasteiger partial charge in [0.05, 0.1) is 23.9 Å². The summed E-state index contributed by atoms with van der Waals surface area (Å²) in [6.07, 6.45) is 2.65. The number of hydrogen-bond acceptors (Lipinski definition) is 5. The molecule has 24 heavy (non-hydrogen) atoms. The molecule has 0 saturated carbocycles. The summed E-state index contributed by atoms with van der Waals surface area (Å²) in [5.41, 5.74) is -0.399. The fourth-order valence-electron chi connectivity index (χ4n) is 3.03. The monoisotopic (exact) mass is 335 g/mol. The predicted octanol–water partition coefficient (Wildman–Crippen LogP) is 0.728. The summed E-state index contributed by atoms with van der Waals surface area (Å²) < 4.78 is 20.8. The lowest BCUT2D eigenvalue weighted by Gasteiger charge is -2.24. The number of carbonyl (C=O) groups excluding carboxylic acids is 1. The number of aromatic nitrogens is 4. The minimum atomic E-state index is -0.683. The fraction of sp³-hybridized carbons (Fsp3) is 0.467. The summed E-state index contributed by atoms with van der Waals surface area (Å²) in [6, 6.07) is 0.876. The average molecular weight is 335 g/mol. The SMILES string of the molecule is CCn1c([C@@H]2C[C@H](OC)CN2C(=O)c2ccncc2F)n[nH]c1=O. The number of nitrogens with zero attached hydrogens (tertiary/aromatic N) is 4. The molecule has 1 saturated heterocycles. The maximum absolute atomic E-state index is 13.9. The molecule has 2 aromatic heterocycles. The van der Waals surface area contributed by atoms with Crippen molar-refractivity contribution in [2.75, 3.05) is 13.7 Å². The molecule has 0 unspecified atom stereocenters. The summed E-state index contributed by atoms with van der Waals surface area (Å²) in [5.74, 6) is -0.709. The van der Waals surface area contributed by atoms with Crippen LogP contribution in [0.5, 0.6) is 0 Å². The Morgan fingerprint density at radius 2 is 2.33 bits per heavy atom. The third-order valence-electron chi connectivity index (χ3n) is 4.26. The maximum Gasteiger partial charge on any atom is 0.343 e. The molecule has 3 heterocycles. The average Bonchev–Trinajstić information content (AvgIpc) is 3.17. The van der Waals surface area contributed by atoms with Crippen molar-refractivity contribution in [3.05, 3.63) is 46.1 Å². The van der Waals surface area contributed by atoms with Gasteiger partial charge in [-0.1, -0.05) is 0 Å². The second-order valence-electron chi connectivity index (χ2n) is 5.55. The van der Waals surface area contributed by atoms with Crippen molar-refractivity contribution < 1.29 is 13.9 Å². The number of H-pyrrole nitrogens is 1. The Morgan fingerprint density at radius 3 is 3.00 bits per heavy atom. The lowest BCUT2D eigenvalue weighted by molar-refractivity contribution is 0.0677. The number of carbonyl (C=O) groups is 1. The van der Waals surface area contributed by atoms with Crippen LogP contribution < -0.4 is 5.69 Å². The maximum atomic E-state index is 13.9. The number of aromatic amines is 1. The van der Waals surface area contributed by atoms with Gasteiger partial charge in [0.2, 0.25) is 0 Å². The number of halogens is 1. The molecule has 0 aliphatic carbocycles. The van der Waals surface area contributed by atoms with Crippen LogP contribution >= 0.6 is 0 Å². The van der Waals surface area contributed by atoms with E-state index in [-0.39, 0.29) is 17.4 Å². The number of pyridine rings is 1. The highest BCUT2D eigenvalue weighted by atomic mass is 19.1. The second kappa shape index (κ2) is 6.52. The molecule has 1 aliphatic rings. The van der Waals surface area contributed by atoms with Crippen LogP contribution in [-0.4, -0.2) is 50.3 Å². The Balaban J connectivity index is 1.99.